The Labute approximate surface area is 195 Å². The first-order chi connectivity index (χ1) is 15.3. The summed E-state index contributed by atoms with van der Waals surface area (Å²) in [4.78, 5) is 12.8. The molecule has 1 N–H and O–H groups in total. The zero-order chi connectivity index (χ0) is 23.1. The number of halogens is 1. The van der Waals surface area contributed by atoms with Gasteiger partial charge >= 0.3 is 0 Å². The third kappa shape index (κ3) is 6.04. The third-order valence-electron chi connectivity index (χ3n) is 5.44. The highest BCUT2D eigenvalue weighted by molar-refractivity contribution is 7.93. The Morgan fingerprint density at radius 1 is 1.16 bits per heavy atom. The normalized spacial score (nSPS) is 13.9. The monoisotopic (exact) mass is 476 g/mol. The Kier molecular flexibility index (Phi) is 8.21. The highest BCUT2D eigenvalue weighted by atomic mass is 35.5. The Balaban J connectivity index is 1.84. The minimum absolute atomic E-state index is 0.00936. The molecule has 0 aromatic heterocycles. The second kappa shape index (κ2) is 10.9. The number of nitrogens with zero attached hydrogens (tertiary/aromatic N) is 1. The second-order valence-electron chi connectivity index (χ2n) is 7.85. The lowest BCUT2D eigenvalue weighted by molar-refractivity contribution is -0.119. The van der Waals surface area contributed by atoms with E-state index in [-0.39, 0.29) is 23.1 Å². The van der Waals surface area contributed by atoms with Gasteiger partial charge in [-0.2, -0.15) is 0 Å². The predicted octanol–water partition coefficient (Wildman–Crippen LogP) is 4.86. The fourth-order valence-corrected chi connectivity index (χ4v) is 5.50. The van der Waals surface area contributed by atoms with Crippen molar-refractivity contribution in [1.82, 2.24) is 5.32 Å². The molecule has 0 radical (unpaired) electrons. The van der Waals surface area contributed by atoms with Crippen molar-refractivity contribution in [3.8, 4) is 5.75 Å². The number of anilines is 1. The summed E-state index contributed by atoms with van der Waals surface area (Å²) in [7, 11) is -2.66. The van der Waals surface area contributed by atoms with Crippen LogP contribution in [0.3, 0.4) is 0 Å². The van der Waals surface area contributed by atoms with Crippen molar-refractivity contribution in [2.75, 3.05) is 24.5 Å². The number of methoxy groups -OCH3 is 1. The van der Waals surface area contributed by atoms with Gasteiger partial charge in [-0.05, 0) is 81.0 Å². The molecule has 0 spiro atoms. The molecule has 0 saturated heterocycles. The van der Waals surface area contributed by atoms with Crippen LogP contribution in [-0.2, 0) is 14.8 Å². The SMILES string of the molecule is COc1ccc(C)cc1S(=O)(=O)N(CC(=O)NCCC1=CCCCC1)c1ccc(Cl)cc1. The summed E-state index contributed by atoms with van der Waals surface area (Å²) in [6, 6.07) is 11.3. The molecule has 0 fully saturated rings. The van der Waals surface area contributed by atoms with Crippen LogP contribution in [0.2, 0.25) is 5.02 Å². The van der Waals surface area contributed by atoms with E-state index in [0.29, 0.717) is 17.3 Å². The molecule has 3 rings (SSSR count). The van der Waals surface area contributed by atoms with Crippen LogP contribution in [0.5, 0.6) is 5.75 Å². The van der Waals surface area contributed by atoms with E-state index in [9.17, 15) is 13.2 Å². The van der Waals surface area contributed by atoms with Crippen molar-refractivity contribution in [1.29, 1.82) is 0 Å². The molecule has 2 aromatic carbocycles. The number of allylic oxidation sites excluding steroid dienone is 1. The van der Waals surface area contributed by atoms with Gasteiger partial charge in [0.15, 0.2) is 0 Å². The number of aryl methyl sites for hydroxylation is 1. The van der Waals surface area contributed by atoms with Crippen LogP contribution in [0.1, 0.15) is 37.7 Å². The van der Waals surface area contributed by atoms with E-state index in [1.165, 1.54) is 25.5 Å². The van der Waals surface area contributed by atoms with Gasteiger partial charge in [-0.15, -0.1) is 0 Å². The molecule has 0 atom stereocenters. The van der Waals surface area contributed by atoms with E-state index in [2.05, 4.69) is 11.4 Å². The zero-order valence-corrected chi connectivity index (χ0v) is 20.0. The molecule has 6 nitrogen and oxygen atoms in total. The number of hydrogen-bond acceptors (Lipinski definition) is 4. The molecule has 172 valence electrons. The van der Waals surface area contributed by atoms with Crippen LogP contribution in [0.15, 0.2) is 59.0 Å². The number of nitrogens with one attached hydrogen (secondary N) is 1. The molecule has 0 unspecified atom stereocenters. The molecule has 8 heteroatoms. The molecule has 0 aliphatic heterocycles. The van der Waals surface area contributed by atoms with Crippen LogP contribution >= 0.6 is 11.6 Å². The standard InChI is InChI=1S/C24H29ClN2O4S/c1-18-8-13-22(31-2)23(16-18)32(29,30)27(21-11-9-20(25)10-12-21)17-24(28)26-15-14-19-6-4-3-5-7-19/h6,8-13,16H,3-5,7,14-15,17H2,1-2H3,(H,26,28). The van der Waals surface area contributed by atoms with Gasteiger partial charge in [0.05, 0.1) is 12.8 Å². The van der Waals surface area contributed by atoms with Gasteiger partial charge in [0, 0.05) is 11.6 Å². The Morgan fingerprint density at radius 2 is 1.91 bits per heavy atom. The number of ether oxygens (including phenoxy) is 1. The first-order valence-electron chi connectivity index (χ1n) is 10.7. The quantitative estimate of drug-likeness (QED) is 0.524. The van der Waals surface area contributed by atoms with Crippen molar-refractivity contribution < 1.29 is 17.9 Å². The predicted molar refractivity (Wildman–Crippen MR) is 128 cm³/mol. The van der Waals surface area contributed by atoms with Crippen molar-refractivity contribution in [2.45, 2.75) is 43.9 Å². The summed E-state index contributed by atoms with van der Waals surface area (Å²) in [5.74, 6) is -0.147. The Morgan fingerprint density at radius 3 is 2.56 bits per heavy atom. The molecule has 32 heavy (non-hydrogen) atoms. The van der Waals surface area contributed by atoms with Crippen LogP contribution in [-0.4, -0.2) is 34.5 Å². The van der Waals surface area contributed by atoms with Crippen molar-refractivity contribution in [3.05, 3.63) is 64.7 Å². The molecule has 0 saturated carbocycles. The minimum atomic E-state index is -4.08. The van der Waals surface area contributed by atoms with E-state index in [4.69, 9.17) is 16.3 Å². The topological polar surface area (TPSA) is 75.7 Å². The number of carbonyl (C=O) groups is 1. The highest BCUT2D eigenvalue weighted by Gasteiger charge is 2.30. The maximum Gasteiger partial charge on any atom is 0.268 e. The van der Waals surface area contributed by atoms with Crippen LogP contribution in [0.4, 0.5) is 5.69 Å². The van der Waals surface area contributed by atoms with Gasteiger partial charge in [-0.25, -0.2) is 8.42 Å². The lowest BCUT2D eigenvalue weighted by atomic mass is 9.97. The summed E-state index contributed by atoms with van der Waals surface area (Å²) in [6.07, 6.45) is 7.57. The van der Waals surface area contributed by atoms with Gasteiger partial charge in [-0.3, -0.25) is 9.10 Å². The molecule has 1 aliphatic carbocycles. The van der Waals surface area contributed by atoms with Gasteiger partial charge in [0.2, 0.25) is 5.91 Å². The van der Waals surface area contributed by atoms with Gasteiger partial charge in [0.25, 0.3) is 10.0 Å². The Hall–Kier alpha value is -2.51. The molecular formula is C24H29ClN2O4S. The molecule has 1 amide bonds. The fourth-order valence-electron chi connectivity index (χ4n) is 3.71. The zero-order valence-electron chi connectivity index (χ0n) is 18.4. The summed E-state index contributed by atoms with van der Waals surface area (Å²) >= 11 is 5.99. The minimum Gasteiger partial charge on any atom is -0.495 e. The Bertz CT molecular complexity index is 1080. The first-order valence-corrected chi connectivity index (χ1v) is 12.5. The smallest absolute Gasteiger partial charge is 0.268 e. The molecule has 0 heterocycles. The van der Waals surface area contributed by atoms with Crippen molar-refractivity contribution in [3.63, 3.8) is 0 Å². The number of hydrogen-bond donors (Lipinski definition) is 1. The number of rotatable bonds is 9. The van der Waals surface area contributed by atoms with E-state index in [1.807, 2.05) is 0 Å². The third-order valence-corrected chi connectivity index (χ3v) is 7.49. The summed E-state index contributed by atoms with van der Waals surface area (Å²) in [6.45, 7) is 1.94. The van der Waals surface area contributed by atoms with E-state index in [0.717, 1.165) is 29.1 Å². The number of carbonyl (C=O) groups excluding carboxylic acids is 1. The highest BCUT2D eigenvalue weighted by Crippen LogP contribution is 2.31. The van der Waals surface area contributed by atoms with Crippen LogP contribution in [0.25, 0.3) is 0 Å². The van der Waals surface area contributed by atoms with Crippen LogP contribution < -0.4 is 14.4 Å². The first kappa shape index (κ1) is 24.1. The summed E-state index contributed by atoms with van der Waals surface area (Å²) < 4.78 is 33.6. The van der Waals surface area contributed by atoms with Gasteiger partial charge in [-0.1, -0.05) is 29.3 Å². The van der Waals surface area contributed by atoms with Gasteiger partial charge in [0.1, 0.15) is 17.2 Å². The largest absolute Gasteiger partial charge is 0.495 e. The average Bonchev–Trinajstić information content (AvgIpc) is 2.79. The molecule has 2 aromatic rings. The summed E-state index contributed by atoms with van der Waals surface area (Å²) in [5.41, 5.74) is 2.47. The summed E-state index contributed by atoms with van der Waals surface area (Å²) in [5, 5.41) is 3.34. The second-order valence-corrected chi connectivity index (χ2v) is 10.1. The number of sulfonamides is 1. The molecular weight excluding hydrogens is 448 g/mol. The molecule has 1 aliphatic rings. The van der Waals surface area contributed by atoms with E-state index >= 15 is 0 Å². The lowest BCUT2D eigenvalue weighted by Gasteiger charge is -2.25. The van der Waals surface area contributed by atoms with E-state index < -0.39 is 10.0 Å². The average molecular weight is 477 g/mol. The number of amides is 1. The molecule has 0 bridgehead atoms. The van der Waals surface area contributed by atoms with Gasteiger partial charge < -0.3 is 10.1 Å². The fraction of sp³-hybridized carbons (Fsp3) is 0.375. The lowest BCUT2D eigenvalue weighted by Crippen LogP contribution is -2.41. The number of benzene rings is 2. The van der Waals surface area contributed by atoms with Crippen LogP contribution in [0, 0.1) is 6.92 Å². The van der Waals surface area contributed by atoms with Crippen molar-refractivity contribution >= 4 is 33.2 Å². The van der Waals surface area contributed by atoms with E-state index in [1.54, 1.807) is 49.4 Å². The van der Waals surface area contributed by atoms with Crippen molar-refractivity contribution in [2.24, 2.45) is 0 Å². The maximum atomic E-state index is 13.6. The maximum absolute atomic E-state index is 13.6.